The minimum absolute atomic E-state index is 0. The van der Waals surface area contributed by atoms with Crippen molar-refractivity contribution in [1.29, 1.82) is 0 Å². The molecule has 1 N–H and O–H groups in total. The number of aromatic carboxylic acids is 1. The van der Waals surface area contributed by atoms with Gasteiger partial charge in [-0.15, -0.1) is 0 Å². The topological polar surface area (TPSA) is 95.9 Å². The first-order chi connectivity index (χ1) is 19.6. The van der Waals surface area contributed by atoms with Crippen LogP contribution in [0.15, 0.2) is 36.4 Å². The number of hydrogen-bond acceptors (Lipinski definition) is 7. The molecule has 4 rings (SSSR count). The number of carboxylic acids is 1. The van der Waals surface area contributed by atoms with Crippen LogP contribution in [-0.4, -0.2) is 84.2 Å². The molecule has 0 aromatic carbocycles. The molecule has 2 fully saturated rings. The van der Waals surface area contributed by atoms with Crippen LogP contribution in [0.25, 0.3) is 0 Å². The van der Waals surface area contributed by atoms with Crippen LogP contribution in [0, 0.1) is 0 Å². The Balaban J connectivity index is 0. The van der Waals surface area contributed by atoms with E-state index in [0.717, 1.165) is 63.3 Å². The number of pyridine rings is 2. The Morgan fingerprint density at radius 3 is 1.45 bits per heavy atom. The number of likely N-dealkylation sites (tertiary alicyclic amines) is 2. The Morgan fingerprint density at radius 1 is 0.786 bits per heavy atom. The fourth-order valence-electron chi connectivity index (χ4n) is 4.30. The number of carbonyl (C=O) groups excluding carboxylic acids is 1. The zero-order valence-corrected chi connectivity index (χ0v) is 33.2. The second-order valence-corrected chi connectivity index (χ2v) is 44.4. The summed E-state index contributed by atoms with van der Waals surface area (Å²) >= 11 is 7.39. The average Bonchev–Trinajstić information content (AvgIpc) is 3.00. The Hall–Kier alpha value is -0.0656. The maximum absolute atomic E-state index is 11.4. The van der Waals surface area contributed by atoms with Gasteiger partial charge in [-0.05, 0) is 90.2 Å². The van der Waals surface area contributed by atoms with E-state index in [0.29, 0.717) is 17.5 Å². The molecule has 42 heavy (non-hydrogen) atoms. The Morgan fingerprint density at radius 2 is 1.12 bits per heavy atom. The van der Waals surface area contributed by atoms with Gasteiger partial charge in [0.2, 0.25) is 0 Å². The molecule has 4 heterocycles. The Bertz CT molecular complexity index is 1000. The van der Waals surface area contributed by atoms with E-state index in [4.69, 9.17) is 5.11 Å². The van der Waals surface area contributed by atoms with Crippen molar-refractivity contribution in [1.82, 2.24) is 19.8 Å². The number of hydrogen-bond donors (Lipinski definition) is 1. The number of ether oxygens (including phenoxy) is 1. The second kappa shape index (κ2) is 26.2. The van der Waals surface area contributed by atoms with E-state index in [1.807, 2.05) is 45.9 Å². The van der Waals surface area contributed by atoms with Gasteiger partial charge in [-0.2, -0.15) is 0 Å². The van der Waals surface area contributed by atoms with Crippen molar-refractivity contribution < 1.29 is 24.4 Å². The first-order valence-electron chi connectivity index (χ1n) is 14.0. The van der Waals surface area contributed by atoms with Crippen LogP contribution in [0.2, 0.25) is 0 Å². The van der Waals surface area contributed by atoms with Gasteiger partial charge >= 0.3 is 76.8 Å². The zero-order chi connectivity index (χ0) is 31.4. The molecule has 0 spiro atoms. The van der Waals surface area contributed by atoms with Crippen molar-refractivity contribution in [3.8, 4) is 0 Å². The van der Waals surface area contributed by atoms with Crippen LogP contribution >= 0.6 is 59.9 Å². The zero-order valence-electron chi connectivity index (χ0n) is 25.3. The predicted octanol–water partition coefficient (Wildman–Crippen LogP) is 8.61. The van der Waals surface area contributed by atoms with Crippen LogP contribution in [0.3, 0.4) is 0 Å². The van der Waals surface area contributed by atoms with Gasteiger partial charge in [-0.3, -0.25) is 0 Å². The van der Waals surface area contributed by atoms with Gasteiger partial charge in [0.1, 0.15) is 11.4 Å². The van der Waals surface area contributed by atoms with Crippen molar-refractivity contribution in [2.45, 2.75) is 72.6 Å². The quantitative estimate of drug-likeness (QED) is 0.241. The van der Waals surface area contributed by atoms with Gasteiger partial charge in [-0.1, -0.05) is 47.3 Å². The Kier molecular flexibility index (Phi) is 27.5. The van der Waals surface area contributed by atoms with E-state index in [2.05, 4.69) is 98.5 Å². The molecule has 0 atom stereocenters. The van der Waals surface area contributed by atoms with Crippen molar-refractivity contribution >= 4 is 71.9 Å². The predicted molar refractivity (Wildman–Crippen MR) is 197 cm³/mol. The fraction of sp³-hybridized carbons (Fsp3) is 0.600. The van der Waals surface area contributed by atoms with Gasteiger partial charge in [0.05, 0.1) is 7.11 Å². The number of nitrogens with zero attached hydrogens (tertiary/aromatic N) is 4. The summed E-state index contributed by atoms with van der Waals surface area (Å²) in [7, 11) is 5.62. The molecule has 0 radical (unpaired) electrons. The first kappa shape index (κ1) is 44.1. The number of halogens is 3. The van der Waals surface area contributed by atoms with Crippen LogP contribution < -0.4 is 0 Å². The number of piperidine rings is 2. The van der Waals surface area contributed by atoms with E-state index >= 15 is 0 Å². The van der Waals surface area contributed by atoms with Crippen molar-refractivity contribution in [2.75, 3.05) is 47.4 Å². The Labute approximate surface area is 292 Å². The van der Waals surface area contributed by atoms with Gasteiger partial charge in [0.15, 0.2) is 0 Å². The molecular weight excluding hydrogens is 912 g/mol. The molecule has 2 aromatic heterocycles. The first-order valence-corrected chi connectivity index (χ1v) is 27.5. The number of methoxy groups -OCH3 is 1. The van der Waals surface area contributed by atoms with Crippen molar-refractivity contribution in [2.24, 2.45) is 0 Å². The van der Waals surface area contributed by atoms with Gasteiger partial charge in [0.25, 0.3) is 0 Å². The third-order valence-electron chi connectivity index (χ3n) is 6.43. The molecule has 240 valence electrons. The summed E-state index contributed by atoms with van der Waals surface area (Å²) in [6.45, 7) is 12.3. The number of carboxylic acid groups (broad SMARTS) is 1. The molecule has 0 bridgehead atoms. The van der Waals surface area contributed by atoms with Gasteiger partial charge in [-0.25, -0.2) is 19.6 Å². The number of esters is 1. The molecule has 2 aliphatic heterocycles. The normalized spacial score (nSPS) is 15.5. The van der Waals surface area contributed by atoms with Crippen LogP contribution in [-0.2, 0) is 9.66 Å². The third kappa shape index (κ3) is 18.0. The summed E-state index contributed by atoms with van der Waals surface area (Å²) in [5, 5.41) is 8.88. The number of rotatable bonds is 4. The summed E-state index contributed by atoms with van der Waals surface area (Å²) in [6.07, 6.45) is 4.33. The molecule has 8 nitrogen and oxygen atoms in total. The van der Waals surface area contributed by atoms with E-state index in [-0.39, 0.29) is 24.0 Å². The van der Waals surface area contributed by atoms with Crippen LogP contribution in [0.5, 0.6) is 0 Å². The van der Waals surface area contributed by atoms with E-state index in [1.165, 1.54) is 7.11 Å². The van der Waals surface area contributed by atoms with Crippen LogP contribution in [0.4, 0.5) is 0 Å². The summed E-state index contributed by atoms with van der Waals surface area (Å²) in [5.74, 6) is -0.430. The summed E-state index contributed by atoms with van der Waals surface area (Å²) in [6, 6.07) is 10.8. The van der Waals surface area contributed by atoms with Crippen molar-refractivity contribution in [3.63, 3.8) is 0 Å². The van der Waals surface area contributed by atoms with E-state index < -0.39 is 5.97 Å². The summed E-state index contributed by atoms with van der Waals surface area (Å²) in [4.78, 5) is 35.2. The monoisotopic (exact) mass is 962 g/mol. The molecular formula is C30H50I3N4O4V. The molecule has 2 saturated heterocycles. The summed E-state index contributed by atoms with van der Waals surface area (Å²) in [5.41, 5.74) is 2.49. The fourth-order valence-corrected chi connectivity index (χ4v) is 4.30. The van der Waals surface area contributed by atoms with Gasteiger partial charge < -0.3 is 19.6 Å². The average molecular weight is 962 g/mol. The minimum atomic E-state index is -0.949. The van der Waals surface area contributed by atoms with Crippen LogP contribution in [0.1, 0.15) is 105 Å². The summed E-state index contributed by atoms with van der Waals surface area (Å²) < 4.78 is 4.69. The van der Waals surface area contributed by atoms with E-state index in [1.54, 1.807) is 18.2 Å². The number of carbonyl (C=O) groups is 2. The maximum atomic E-state index is 11.4. The van der Waals surface area contributed by atoms with Gasteiger partial charge in [0, 0.05) is 23.2 Å². The molecule has 2 aromatic rings. The molecule has 2 aliphatic rings. The molecule has 0 saturated carbocycles. The third-order valence-corrected chi connectivity index (χ3v) is 6.43. The van der Waals surface area contributed by atoms with E-state index in [9.17, 15) is 9.59 Å². The van der Waals surface area contributed by atoms with Crippen molar-refractivity contribution in [3.05, 3.63) is 59.2 Å². The second-order valence-electron chi connectivity index (χ2n) is 9.04. The molecule has 12 heteroatoms. The molecule has 0 aliphatic carbocycles. The standard InChI is InChI=1S/C13H18N2O2.C12H16N2O2.2C2H6.CH4.3HI.V/c1-15-8-6-10(7-9-15)11-4-3-5-12(14-11)13(16)17-2;1-14-7-5-9(6-8-14)10-3-2-4-11(13-10)12(15)16;2*1-2;;;;;/h3-5,10H,6-9H2,1-2H3;2-4,9H,5-8H2,1H3,(H,15,16);2*1-2H3;1H4;3*1H;/q;;;;;;;;+3/p-3. The SMILES string of the molecule is C.CC.CC.CN1CCC(c2cccc(C(=O)O)n2)CC1.COC(=O)c1cccc(C2CCN(C)CC2)n1.[I][V]([I])[I]. The molecule has 0 unspecified atom stereocenters. The molecule has 0 amide bonds. The number of aromatic nitrogens is 2.